The summed E-state index contributed by atoms with van der Waals surface area (Å²) < 4.78 is 12.9. The van der Waals surface area contributed by atoms with E-state index < -0.39 is 0 Å². The molecule has 0 spiro atoms. The summed E-state index contributed by atoms with van der Waals surface area (Å²) in [6.45, 7) is 4.67. The van der Waals surface area contributed by atoms with Gasteiger partial charge >= 0.3 is 0 Å². The van der Waals surface area contributed by atoms with E-state index >= 15 is 0 Å². The summed E-state index contributed by atoms with van der Waals surface area (Å²) in [6.07, 6.45) is 0.981. The number of halogens is 1. The molecule has 0 bridgehead atoms. The van der Waals surface area contributed by atoms with E-state index in [9.17, 15) is 9.18 Å². The zero-order valence-corrected chi connectivity index (χ0v) is 13.9. The van der Waals surface area contributed by atoms with Crippen LogP contribution in [-0.4, -0.2) is 19.0 Å². The van der Waals surface area contributed by atoms with E-state index in [0.29, 0.717) is 6.54 Å². The lowest BCUT2D eigenvalue weighted by atomic mass is 10.1. The Balaban J connectivity index is 1.93. The van der Waals surface area contributed by atoms with Crippen molar-refractivity contribution in [3.63, 3.8) is 0 Å². The molecule has 0 heterocycles. The van der Waals surface area contributed by atoms with Gasteiger partial charge in [0.25, 0.3) is 5.91 Å². The number of anilines is 1. The van der Waals surface area contributed by atoms with Gasteiger partial charge in [-0.2, -0.15) is 0 Å². The second kappa shape index (κ2) is 7.88. The van der Waals surface area contributed by atoms with Crippen molar-refractivity contribution in [1.82, 2.24) is 0 Å². The Hall–Kier alpha value is -2.20. The van der Waals surface area contributed by atoms with Crippen LogP contribution in [0.4, 0.5) is 10.1 Å². The van der Waals surface area contributed by atoms with Crippen LogP contribution >= 0.6 is 0 Å². The first kappa shape index (κ1) is 17.2. The van der Waals surface area contributed by atoms with Crippen LogP contribution in [0.1, 0.15) is 25.0 Å². The van der Waals surface area contributed by atoms with Crippen LogP contribution in [0, 0.1) is 5.82 Å². The van der Waals surface area contributed by atoms with Crippen LogP contribution in [0.15, 0.2) is 48.5 Å². The molecule has 2 atom stereocenters. The second-order valence-electron chi connectivity index (χ2n) is 5.91. The maximum atomic E-state index is 12.9. The molecule has 1 unspecified atom stereocenters. The molecule has 0 aliphatic heterocycles. The van der Waals surface area contributed by atoms with Crippen LogP contribution in [0.2, 0.25) is 0 Å². The molecule has 0 aliphatic rings. The number of aryl methyl sites for hydroxylation is 1. The molecule has 2 N–H and O–H groups in total. The Kier molecular flexibility index (Phi) is 5.88. The van der Waals surface area contributed by atoms with Gasteiger partial charge in [-0.15, -0.1) is 0 Å². The third kappa shape index (κ3) is 4.89. The SMILES string of the molecule is CCc1ccc(NC(=O)[C@@H](C)[NH+](C)Cc2ccc(F)cc2)cc1. The van der Waals surface area contributed by atoms with Gasteiger partial charge in [-0.05, 0) is 43.2 Å². The van der Waals surface area contributed by atoms with E-state index in [1.807, 2.05) is 38.2 Å². The Morgan fingerprint density at radius 1 is 1.09 bits per heavy atom. The Bertz CT molecular complexity index is 637. The molecule has 0 aliphatic carbocycles. The summed E-state index contributed by atoms with van der Waals surface area (Å²) in [7, 11) is 1.97. The van der Waals surface area contributed by atoms with Crippen LogP contribution < -0.4 is 10.2 Å². The number of likely N-dealkylation sites (N-methyl/N-ethyl adjacent to an activating group) is 1. The average Bonchev–Trinajstić information content (AvgIpc) is 2.56. The second-order valence-corrected chi connectivity index (χ2v) is 5.91. The number of hydrogen-bond acceptors (Lipinski definition) is 1. The summed E-state index contributed by atoms with van der Waals surface area (Å²) in [4.78, 5) is 13.4. The van der Waals surface area contributed by atoms with Crippen molar-refractivity contribution in [2.75, 3.05) is 12.4 Å². The molecule has 23 heavy (non-hydrogen) atoms. The van der Waals surface area contributed by atoms with Gasteiger partial charge in [0, 0.05) is 11.3 Å². The molecule has 2 aromatic carbocycles. The number of benzene rings is 2. The molecule has 0 aromatic heterocycles. The number of nitrogens with one attached hydrogen (secondary N) is 2. The van der Waals surface area contributed by atoms with Crippen LogP contribution in [0.25, 0.3) is 0 Å². The predicted octanol–water partition coefficient (Wildman–Crippen LogP) is 2.43. The molecule has 3 nitrogen and oxygen atoms in total. The minimum atomic E-state index is -0.243. The minimum Gasteiger partial charge on any atom is -0.324 e. The molecule has 0 radical (unpaired) electrons. The molecule has 122 valence electrons. The number of rotatable bonds is 6. The fourth-order valence-electron chi connectivity index (χ4n) is 2.38. The molecular formula is C19H24FN2O+. The molecule has 4 heteroatoms. The predicted molar refractivity (Wildman–Crippen MR) is 90.9 cm³/mol. The van der Waals surface area contributed by atoms with Crippen LogP contribution in [-0.2, 0) is 17.8 Å². The van der Waals surface area contributed by atoms with Gasteiger partial charge in [0.15, 0.2) is 6.04 Å². The fraction of sp³-hybridized carbons (Fsp3) is 0.316. The summed E-state index contributed by atoms with van der Waals surface area (Å²) in [6, 6.07) is 14.1. The first-order chi connectivity index (χ1) is 11.0. The van der Waals surface area contributed by atoms with Crippen molar-refractivity contribution in [2.24, 2.45) is 0 Å². The van der Waals surface area contributed by atoms with Crippen LogP contribution in [0.3, 0.4) is 0 Å². The standard InChI is InChI=1S/C19H23FN2O/c1-4-15-7-11-18(12-8-15)21-19(23)14(2)22(3)13-16-5-9-17(20)10-6-16/h5-12,14H,4,13H2,1-3H3,(H,21,23)/p+1/t14-/m1/s1. The normalized spacial score (nSPS) is 13.4. The third-order valence-corrected chi connectivity index (χ3v) is 4.16. The Morgan fingerprint density at radius 3 is 2.22 bits per heavy atom. The highest BCUT2D eigenvalue weighted by molar-refractivity contribution is 5.93. The van der Waals surface area contributed by atoms with Crippen molar-refractivity contribution >= 4 is 11.6 Å². The van der Waals surface area contributed by atoms with Gasteiger partial charge in [-0.3, -0.25) is 4.79 Å². The lowest BCUT2D eigenvalue weighted by Gasteiger charge is -2.21. The minimum absolute atomic E-state index is 0.0196. The van der Waals surface area contributed by atoms with E-state index in [-0.39, 0.29) is 17.8 Å². The molecule has 2 aromatic rings. The largest absolute Gasteiger partial charge is 0.324 e. The fourth-order valence-corrected chi connectivity index (χ4v) is 2.38. The van der Waals surface area contributed by atoms with Gasteiger partial charge in [0.1, 0.15) is 12.4 Å². The number of carbonyl (C=O) groups is 1. The number of carbonyl (C=O) groups excluding carboxylic acids is 1. The van der Waals surface area contributed by atoms with Crippen molar-refractivity contribution in [1.29, 1.82) is 0 Å². The van der Waals surface area contributed by atoms with E-state index in [0.717, 1.165) is 22.6 Å². The van der Waals surface area contributed by atoms with Gasteiger partial charge in [0.2, 0.25) is 0 Å². The van der Waals surface area contributed by atoms with Crippen molar-refractivity contribution < 1.29 is 14.1 Å². The van der Waals surface area contributed by atoms with Gasteiger partial charge < -0.3 is 10.2 Å². The molecular weight excluding hydrogens is 291 g/mol. The summed E-state index contributed by atoms with van der Waals surface area (Å²) in [5.41, 5.74) is 3.07. The average molecular weight is 315 g/mol. The van der Waals surface area contributed by atoms with E-state index in [4.69, 9.17) is 0 Å². The lowest BCUT2D eigenvalue weighted by Crippen LogP contribution is -3.12. The maximum absolute atomic E-state index is 12.9. The Morgan fingerprint density at radius 2 is 1.65 bits per heavy atom. The van der Waals surface area contributed by atoms with E-state index in [1.165, 1.54) is 17.7 Å². The topological polar surface area (TPSA) is 33.5 Å². The van der Waals surface area contributed by atoms with Gasteiger partial charge in [0.05, 0.1) is 7.05 Å². The first-order valence-corrected chi connectivity index (χ1v) is 7.96. The quantitative estimate of drug-likeness (QED) is 0.843. The number of hydrogen-bond donors (Lipinski definition) is 2. The Labute approximate surface area is 137 Å². The van der Waals surface area contributed by atoms with Gasteiger partial charge in [-0.1, -0.05) is 31.2 Å². The van der Waals surface area contributed by atoms with Crippen molar-refractivity contribution in [3.8, 4) is 0 Å². The summed E-state index contributed by atoms with van der Waals surface area (Å²) >= 11 is 0. The summed E-state index contributed by atoms with van der Waals surface area (Å²) in [5, 5.41) is 2.95. The number of amides is 1. The monoisotopic (exact) mass is 315 g/mol. The molecule has 1 amide bonds. The maximum Gasteiger partial charge on any atom is 0.282 e. The molecule has 0 saturated carbocycles. The summed E-state index contributed by atoms with van der Waals surface area (Å²) in [5.74, 6) is -0.262. The smallest absolute Gasteiger partial charge is 0.282 e. The lowest BCUT2D eigenvalue weighted by molar-refractivity contribution is -0.907. The van der Waals surface area contributed by atoms with Crippen molar-refractivity contribution in [3.05, 3.63) is 65.5 Å². The zero-order chi connectivity index (χ0) is 16.8. The molecule has 0 saturated heterocycles. The van der Waals surface area contributed by atoms with Crippen molar-refractivity contribution in [2.45, 2.75) is 32.9 Å². The molecule has 0 fully saturated rings. The zero-order valence-electron chi connectivity index (χ0n) is 13.9. The highest BCUT2D eigenvalue weighted by Crippen LogP contribution is 2.10. The van der Waals surface area contributed by atoms with Gasteiger partial charge in [-0.25, -0.2) is 4.39 Å². The highest BCUT2D eigenvalue weighted by Gasteiger charge is 2.22. The highest BCUT2D eigenvalue weighted by atomic mass is 19.1. The molecule has 2 rings (SSSR count). The van der Waals surface area contributed by atoms with E-state index in [1.54, 1.807) is 12.1 Å². The van der Waals surface area contributed by atoms with Crippen LogP contribution in [0.5, 0.6) is 0 Å². The first-order valence-electron chi connectivity index (χ1n) is 7.96. The third-order valence-electron chi connectivity index (χ3n) is 4.16. The van der Waals surface area contributed by atoms with E-state index in [2.05, 4.69) is 12.2 Å². The number of quaternary nitrogens is 1.